The van der Waals surface area contributed by atoms with Crippen LogP contribution in [0.5, 0.6) is 0 Å². The number of benzene rings is 2. The Kier molecular flexibility index (Phi) is 3.86. The summed E-state index contributed by atoms with van der Waals surface area (Å²) < 4.78 is 0. The molecule has 1 saturated heterocycles. The van der Waals surface area contributed by atoms with Gasteiger partial charge in [0.05, 0.1) is 0 Å². The Bertz CT molecular complexity index is 598. The van der Waals surface area contributed by atoms with Crippen molar-refractivity contribution in [2.24, 2.45) is 0 Å². The SMILES string of the molecule is c1ccc(NC2CCCN(C3Cc4ccccc4C3)C2)cc1. The monoisotopic (exact) mass is 292 g/mol. The van der Waals surface area contributed by atoms with Gasteiger partial charge in [0.25, 0.3) is 0 Å². The molecule has 2 heteroatoms. The first kappa shape index (κ1) is 13.8. The molecule has 0 radical (unpaired) electrons. The van der Waals surface area contributed by atoms with Crippen molar-refractivity contribution in [2.75, 3.05) is 18.4 Å². The molecule has 0 aromatic heterocycles. The Morgan fingerprint density at radius 3 is 2.27 bits per heavy atom. The number of rotatable bonds is 3. The smallest absolute Gasteiger partial charge is 0.0389 e. The van der Waals surface area contributed by atoms with Gasteiger partial charge < -0.3 is 5.32 Å². The van der Waals surface area contributed by atoms with Gasteiger partial charge in [-0.3, -0.25) is 4.90 Å². The van der Waals surface area contributed by atoms with Gasteiger partial charge in [-0.25, -0.2) is 0 Å². The van der Waals surface area contributed by atoms with Crippen molar-refractivity contribution in [1.29, 1.82) is 0 Å². The molecule has 0 saturated carbocycles. The Balaban J connectivity index is 1.40. The van der Waals surface area contributed by atoms with E-state index in [1.54, 1.807) is 11.1 Å². The van der Waals surface area contributed by atoms with Crippen LogP contribution in [-0.4, -0.2) is 30.1 Å². The molecule has 2 aromatic carbocycles. The molecular weight excluding hydrogens is 268 g/mol. The summed E-state index contributed by atoms with van der Waals surface area (Å²) >= 11 is 0. The average molecular weight is 292 g/mol. The summed E-state index contributed by atoms with van der Waals surface area (Å²) in [6.45, 7) is 2.43. The fraction of sp³-hybridized carbons (Fsp3) is 0.400. The number of hydrogen-bond donors (Lipinski definition) is 1. The lowest BCUT2D eigenvalue weighted by atomic mass is 10.0. The highest BCUT2D eigenvalue weighted by atomic mass is 15.2. The van der Waals surface area contributed by atoms with E-state index >= 15 is 0 Å². The van der Waals surface area contributed by atoms with Gasteiger partial charge in [-0.15, -0.1) is 0 Å². The molecule has 0 spiro atoms. The van der Waals surface area contributed by atoms with Crippen LogP contribution in [-0.2, 0) is 12.8 Å². The van der Waals surface area contributed by atoms with E-state index in [-0.39, 0.29) is 0 Å². The highest BCUT2D eigenvalue weighted by Gasteiger charge is 2.30. The molecule has 1 unspecified atom stereocenters. The molecule has 2 aromatic rings. The molecule has 22 heavy (non-hydrogen) atoms. The first-order chi connectivity index (χ1) is 10.9. The fourth-order valence-electron chi connectivity index (χ4n) is 4.02. The third-order valence-corrected chi connectivity index (χ3v) is 5.14. The second-order valence-electron chi connectivity index (χ2n) is 6.68. The number of nitrogens with zero attached hydrogens (tertiary/aromatic N) is 1. The molecule has 2 aliphatic rings. The minimum Gasteiger partial charge on any atom is -0.381 e. The summed E-state index contributed by atoms with van der Waals surface area (Å²) in [6.07, 6.45) is 5.05. The molecule has 4 rings (SSSR count). The number of likely N-dealkylation sites (tertiary alicyclic amines) is 1. The van der Waals surface area contributed by atoms with E-state index in [9.17, 15) is 0 Å². The molecule has 0 bridgehead atoms. The van der Waals surface area contributed by atoms with Crippen molar-refractivity contribution < 1.29 is 0 Å². The summed E-state index contributed by atoms with van der Waals surface area (Å²) in [5.41, 5.74) is 4.38. The maximum absolute atomic E-state index is 3.71. The number of para-hydroxylation sites is 1. The molecule has 114 valence electrons. The van der Waals surface area contributed by atoms with Crippen molar-refractivity contribution in [3.63, 3.8) is 0 Å². The van der Waals surface area contributed by atoms with Crippen LogP contribution in [0.25, 0.3) is 0 Å². The first-order valence-electron chi connectivity index (χ1n) is 8.51. The topological polar surface area (TPSA) is 15.3 Å². The van der Waals surface area contributed by atoms with Gasteiger partial charge in [0.2, 0.25) is 0 Å². The standard InChI is InChI=1S/C20H24N2/c1-2-9-18(10-3-1)21-19-11-6-12-22(15-19)20-13-16-7-4-5-8-17(16)14-20/h1-5,7-10,19-21H,6,11-15H2. The quantitative estimate of drug-likeness (QED) is 0.927. The van der Waals surface area contributed by atoms with Gasteiger partial charge >= 0.3 is 0 Å². The van der Waals surface area contributed by atoms with Crippen LogP contribution >= 0.6 is 0 Å². The molecule has 1 atom stereocenters. The summed E-state index contributed by atoms with van der Waals surface area (Å²) in [5.74, 6) is 0. The van der Waals surface area contributed by atoms with E-state index in [2.05, 4.69) is 64.8 Å². The van der Waals surface area contributed by atoms with Crippen molar-refractivity contribution in [3.8, 4) is 0 Å². The van der Waals surface area contributed by atoms with Crippen LogP contribution in [0.15, 0.2) is 54.6 Å². The van der Waals surface area contributed by atoms with E-state index in [0.717, 1.165) is 0 Å². The lowest BCUT2D eigenvalue weighted by Crippen LogP contribution is -2.47. The highest BCUT2D eigenvalue weighted by molar-refractivity contribution is 5.43. The normalized spacial score (nSPS) is 22.5. The van der Waals surface area contributed by atoms with Crippen LogP contribution in [0.2, 0.25) is 0 Å². The minimum absolute atomic E-state index is 0.583. The molecule has 1 N–H and O–H groups in total. The molecular formula is C20H24N2. The summed E-state index contributed by atoms with van der Waals surface area (Å²) in [5, 5.41) is 3.71. The second-order valence-corrected chi connectivity index (χ2v) is 6.68. The zero-order valence-corrected chi connectivity index (χ0v) is 13.0. The maximum atomic E-state index is 3.71. The van der Waals surface area contributed by atoms with Crippen LogP contribution < -0.4 is 5.32 Å². The summed E-state index contributed by atoms with van der Waals surface area (Å²) in [7, 11) is 0. The third-order valence-electron chi connectivity index (χ3n) is 5.14. The number of hydrogen-bond acceptors (Lipinski definition) is 2. The largest absolute Gasteiger partial charge is 0.381 e. The van der Waals surface area contributed by atoms with Crippen LogP contribution in [0.4, 0.5) is 5.69 Å². The van der Waals surface area contributed by atoms with E-state index in [1.807, 2.05) is 0 Å². The fourth-order valence-corrected chi connectivity index (χ4v) is 4.02. The lowest BCUT2D eigenvalue weighted by Gasteiger charge is -2.37. The Morgan fingerprint density at radius 2 is 1.55 bits per heavy atom. The number of anilines is 1. The van der Waals surface area contributed by atoms with Crippen molar-refractivity contribution in [2.45, 2.75) is 37.8 Å². The van der Waals surface area contributed by atoms with Gasteiger partial charge in [0.1, 0.15) is 0 Å². The number of nitrogens with one attached hydrogen (secondary N) is 1. The van der Waals surface area contributed by atoms with E-state index < -0.39 is 0 Å². The van der Waals surface area contributed by atoms with Gasteiger partial charge in [-0.05, 0) is 55.5 Å². The molecule has 1 aliphatic heterocycles. The van der Waals surface area contributed by atoms with E-state index in [4.69, 9.17) is 0 Å². The second kappa shape index (κ2) is 6.13. The van der Waals surface area contributed by atoms with Crippen LogP contribution in [0, 0.1) is 0 Å². The number of fused-ring (bicyclic) bond motifs is 1. The van der Waals surface area contributed by atoms with Crippen molar-refractivity contribution in [3.05, 3.63) is 65.7 Å². The van der Waals surface area contributed by atoms with E-state index in [1.165, 1.54) is 44.5 Å². The summed E-state index contributed by atoms with van der Waals surface area (Å²) in [4.78, 5) is 2.71. The minimum atomic E-state index is 0.583. The zero-order valence-electron chi connectivity index (χ0n) is 13.0. The molecule has 1 aliphatic carbocycles. The van der Waals surface area contributed by atoms with E-state index in [0.29, 0.717) is 12.1 Å². The van der Waals surface area contributed by atoms with Crippen LogP contribution in [0.3, 0.4) is 0 Å². The zero-order chi connectivity index (χ0) is 14.8. The van der Waals surface area contributed by atoms with Gasteiger partial charge in [0, 0.05) is 24.3 Å². The Hall–Kier alpha value is -1.80. The maximum Gasteiger partial charge on any atom is 0.0389 e. The molecule has 0 amide bonds. The first-order valence-corrected chi connectivity index (χ1v) is 8.51. The molecule has 1 fully saturated rings. The van der Waals surface area contributed by atoms with Crippen molar-refractivity contribution in [1.82, 2.24) is 4.90 Å². The third kappa shape index (κ3) is 2.89. The Morgan fingerprint density at radius 1 is 0.864 bits per heavy atom. The van der Waals surface area contributed by atoms with Gasteiger partial charge in [-0.1, -0.05) is 42.5 Å². The molecule has 1 heterocycles. The Labute approximate surface area is 133 Å². The highest BCUT2D eigenvalue weighted by Crippen LogP contribution is 2.28. The predicted octanol–water partition coefficient (Wildman–Crippen LogP) is 3.73. The number of piperidine rings is 1. The lowest BCUT2D eigenvalue weighted by molar-refractivity contribution is 0.159. The average Bonchev–Trinajstić information content (AvgIpc) is 3.00. The molecule has 2 nitrogen and oxygen atoms in total. The predicted molar refractivity (Wildman–Crippen MR) is 92.3 cm³/mol. The summed E-state index contributed by atoms with van der Waals surface area (Å²) in [6, 6.07) is 20.9. The van der Waals surface area contributed by atoms with Gasteiger partial charge in [-0.2, -0.15) is 0 Å². The van der Waals surface area contributed by atoms with Crippen LogP contribution in [0.1, 0.15) is 24.0 Å². The van der Waals surface area contributed by atoms with Crippen molar-refractivity contribution >= 4 is 5.69 Å². The van der Waals surface area contributed by atoms with Gasteiger partial charge in [0.15, 0.2) is 0 Å².